The summed E-state index contributed by atoms with van der Waals surface area (Å²) < 4.78 is 10.2. The van der Waals surface area contributed by atoms with Gasteiger partial charge in [-0.25, -0.2) is 13.9 Å². The molecule has 0 radical (unpaired) electrons. The van der Waals surface area contributed by atoms with Gasteiger partial charge in [0.1, 0.15) is 11.2 Å². The van der Waals surface area contributed by atoms with Gasteiger partial charge in [0.05, 0.1) is 18.2 Å². The van der Waals surface area contributed by atoms with Crippen molar-refractivity contribution < 1.29 is 9.53 Å². The van der Waals surface area contributed by atoms with Crippen LogP contribution >= 0.6 is 11.3 Å². The fourth-order valence-corrected chi connectivity index (χ4v) is 5.00. The summed E-state index contributed by atoms with van der Waals surface area (Å²) in [6.07, 6.45) is 1.70. The van der Waals surface area contributed by atoms with Crippen molar-refractivity contribution in [3.8, 4) is 0 Å². The summed E-state index contributed by atoms with van der Waals surface area (Å²) in [5, 5.41) is 9.00. The fourth-order valence-electron chi connectivity index (χ4n) is 4.17. The average molecular weight is 454 g/mol. The summed E-state index contributed by atoms with van der Waals surface area (Å²) in [4.78, 5) is 39.0. The van der Waals surface area contributed by atoms with Crippen LogP contribution < -0.4 is 16.6 Å². The molecule has 1 aliphatic heterocycles. The second-order valence-corrected chi connectivity index (χ2v) is 9.04. The zero-order valence-electron chi connectivity index (χ0n) is 17.8. The zero-order chi connectivity index (χ0) is 22.4. The lowest BCUT2D eigenvalue weighted by Crippen LogP contribution is -2.30. The van der Waals surface area contributed by atoms with E-state index < -0.39 is 5.69 Å². The molecule has 1 aliphatic rings. The van der Waals surface area contributed by atoms with Gasteiger partial charge >= 0.3 is 5.69 Å². The van der Waals surface area contributed by atoms with Crippen molar-refractivity contribution in [1.29, 1.82) is 0 Å². The SMILES string of the molecule is Cc1ccc(NC(=O)Cn2nc3n(C[C@H]4CCCO4)c(=O)c4sccc4n3c2=O)c(C)c1. The van der Waals surface area contributed by atoms with Crippen molar-refractivity contribution in [1.82, 2.24) is 18.7 Å². The van der Waals surface area contributed by atoms with Gasteiger partial charge in [-0.2, -0.15) is 0 Å². The average Bonchev–Trinajstić information content (AvgIpc) is 3.49. The molecule has 0 aliphatic carbocycles. The van der Waals surface area contributed by atoms with Gasteiger partial charge in [0.25, 0.3) is 5.56 Å². The van der Waals surface area contributed by atoms with E-state index in [4.69, 9.17) is 4.74 Å². The van der Waals surface area contributed by atoms with Gasteiger partial charge in [-0.05, 0) is 49.8 Å². The van der Waals surface area contributed by atoms with E-state index in [1.54, 1.807) is 11.4 Å². The molecular weight excluding hydrogens is 430 g/mol. The molecule has 10 heteroatoms. The fraction of sp³-hybridized carbons (Fsp3) is 0.364. The Kier molecular flexibility index (Phi) is 5.18. The molecule has 4 aromatic rings. The van der Waals surface area contributed by atoms with Gasteiger partial charge in [0.2, 0.25) is 11.7 Å². The highest BCUT2D eigenvalue weighted by molar-refractivity contribution is 7.17. The maximum absolute atomic E-state index is 13.2. The normalized spacial score (nSPS) is 16.2. The lowest BCUT2D eigenvalue weighted by atomic mass is 10.1. The lowest BCUT2D eigenvalue weighted by molar-refractivity contribution is -0.117. The largest absolute Gasteiger partial charge is 0.376 e. The number of carbonyl (C=O) groups excluding carboxylic acids is 1. The minimum absolute atomic E-state index is 0.0954. The monoisotopic (exact) mass is 453 g/mol. The van der Waals surface area contributed by atoms with Crippen molar-refractivity contribution in [3.63, 3.8) is 0 Å². The van der Waals surface area contributed by atoms with Crippen molar-refractivity contribution >= 4 is 38.9 Å². The highest BCUT2D eigenvalue weighted by Crippen LogP contribution is 2.20. The summed E-state index contributed by atoms with van der Waals surface area (Å²) in [5.74, 6) is -0.141. The number of carbonyl (C=O) groups is 1. The van der Waals surface area contributed by atoms with Gasteiger partial charge in [-0.3, -0.25) is 14.2 Å². The second kappa shape index (κ2) is 8.03. The molecule has 1 amide bonds. The summed E-state index contributed by atoms with van der Waals surface area (Å²) in [5.41, 5.74) is 2.57. The van der Waals surface area contributed by atoms with Crippen LogP contribution in [0.3, 0.4) is 0 Å². The van der Waals surface area contributed by atoms with Crippen molar-refractivity contribution in [2.45, 2.75) is 45.9 Å². The number of ether oxygens (including phenoxy) is 1. The van der Waals surface area contributed by atoms with Crippen LogP contribution in [0, 0.1) is 13.8 Å². The van der Waals surface area contributed by atoms with Crippen LogP contribution in [-0.2, 0) is 22.6 Å². The van der Waals surface area contributed by atoms with Crippen LogP contribution in [0.1, 0.15) is 24.0 Å². The highest BCUT2D eigenvalue weighted by atomic mass is 32.1. The molecule has 5 rings (SSSR count). The second-order valence-electron chi connectivity index (χ2n) is 8.13. The first-order valence-electron chi connectivity index (χ1n) is 10.5. The zero-order valence-corrected chi connectivity index (χ0v) is 18.6. The van der Waals surface area contributed by atoms with E-state index in [9.17, 15) is 14.4 Å². The van der Waals surface area contributed by atoms with Crippen molar-refractivity contribution in [2.75, 3.05) is 11.9 Å². The Morgan fingerprint density at radius 2 is 2.12 bits per heavy atom. The number of nitrogens with zero attached hydrogens (tertiary/aromatic N) is 4. The molecule has 1 saturated heterocycles. The van der Waals surface area contributed by atoms with Crippen molar-refractivity contribution in [2.24, 2.45) is 0 Å². The Balaban J connectivity index is 1.54. The van der Waals surface area contributed by atoms with Crippen LogP contribution in [0.2, 0.25) is 0 Å². The van der Waals surface area contributed by atoms with E-state index in [0.717, 1.165) is 28.7 Å². The number of amides is 1. The number of anilines is 1. The maximum atomic E-state index is 13.2. The molecular formula is C22H23N5O4S. The minimum Gasteiger partial charge on any atom is -0.376 e. The predicted molar refractivity (Wildman–Crippen MR) is 123 cm³/mol. The molecule has 166 valence electrons. The molecule has 0 unspecified atom stereocenters. The van der Waals surface area contributed by atoms with Gasteiger partial charge in [0, 0.05) is 12.3 Å². The van der Waals surface area contributed by atoms with Crippen LogP contribution in [0.15, 0.2) is 39.2 Å². The number of rotatable bonds is 5. The lowest BCUT2D eigenvalue weighted by Gasteiger charge is -2.12. The first-order chi connectivity index (χ1) is 15.4. The van der Waals surface area contributed by atoms with E-state index in [-0.39, 0.29) is 29.9 Å². The summed E-state index contributed by atoms with van der Waals surface area (Å²) >= 11 is 1.29. The Hall–Kier alpha value is -3.24. The number of aromatic nitrogens is 4. The Bertz CT molecular complexity index is 1460. The Morgan fingerprint density at radius 1 is 1.28 bits per heavy atom. The number of hydrogen-bond donors (Lipinski definition) is 1. The standard InChI is InChI=1S/C22H23N5O4S/c1-13-5-6-16(14(2)10-13)23-18(28)12-26-22(30)27-17-7-9-32-19(17)20(29)25(21(27)24-26)11-15-4-3-8-31-15/h5-7,9-10,15H,3-4,8,11-12H2,1-2H3,(H,23,28)/t15-/m1/s1. The predicted octanol–water partition coefficient (Wildman–Crippen LogP) is 2.31. The smallest absolute Gasteiger partial charge is 0.352 e. The minimum atomic E-state index is -0.458. The van der Waals surface area contributed by atoms with Crippen LogP contribution in [0.4, 0.5) is 5.69 Å². The molecule has 32 heavy (non-hydrogen) atoms. The van der Waals surface area contributed by atoms with Crippen LogP contribution in [0.5, 0.6) is 0 Å². The van der Waals surface area contributed by atoms with Gasteiger partial charge < -0.3 is 10.1 Å². The third-order valence-corrected chi connectivity index (χ3v) is 6.64. The number of thiophene rings is 1. The molecule has 4 heterocycles. The van der Waals surface area contributed by atoms with Gasteiger partial charge in [-0.1, -0.05) is 17.7 Å². The maximum Gasteiger partial charge on any atom is 0.352 e. The van der Waals surface area contributed by atoms with E-state index in [2.05, 4.69) is 10.4 Å². The quantitative estimate of drug-likeness (QED) is 0.500. The first-order valence-corrected chi connectivity index (χ1v) is 11.4. The number of aryl methyl sites for hydroxylation is 2. The first kappa shape index (κ1) is 20.7. The topological polar surface area (TPSA) is 99.6 Å². The highest BCUT2D eigenvalue weighted by Gasteiger charge is 2.23. The third kappa shape index (κ3) is 3.55. The van der Waals surface area contributed by atoms with E-state index in [1.807, 2.05) is 32.0 Å². The van der Waals surface area contributed by atoms with Crippen LogP contribution in [0.25, 0.3) is 16.0 Å². The molecule has 9 nitrogen and oxygen atoms in total. The Morgan fingerprint density at radius 3 is 2.88 bits per heavy atom. The molecule has 1 aromatic carbocycles. The molecule has 1 N–H and O–H groups in total. The molecule has 3 aromatic heterocycles. The Labute approximate surface area is 186 Å². The van der Waals surface area contributed by atoms with E-state index in [1.165, 1.54) is 20.3 Å². The number of fused-ring (bicyclic) bond motifs is 3. The third-order valence-electron chi connectivity index (χ3n) is 5.75. The van der Waals surface area contributed by atoms with Crippen LogP contribution in [-0.4, -0.2) is 37.4 Å². The molecule has 1 atom stereocenters. The number of nitrogens with one attached hydrogen (secondary N) is 1. The molecule has 0 bridgehead atoms. The van der Waals surface area contributed by atoms with E-state index >= 15 is 0 Å². The number of benzene rings is 1. The summed E-state index contributed by atoms with van der Waals surface area (Å²) in [6.45, 7) is 4.62. The molecule has 1 fully saturated rings. The summed E-state index contributed by atoms with van der Waals surface area (Å²) in [7, 11) is 0. The van der Waals surface area contributed by atoms with Gasteiger partial charge in [0.15, 0.2) is 0 Å². The number of hydrogen-bond acceptors (Lipinski definition) is 6. The van der Waals surface area contributed by atoms with Crippen molar-refractivity contribution in [3.05, 3.63) is 61.6 Å². The summed E-state index contributed by atoms with van der Waals surface area (Å²) in [6, 6.07) is 7.46. The molecule has 0 spiro atoms. The molecule has 0 saturated carbocycles. The van der Waals surface area contributed by atoms with E-state index in [0.29, 0.717) is 29.1 Å². The van der Waals surface area contributed by atoms with Gasteiger partial charge in [-0.15, -0.1) is 16.4 Å².